The molecule has 0 unspecified atom stereocenters. The summed E-state index contributed by atoms with van der Waals surface area (Å²) in [5.41, 5.74) is 2.26. The zero-order valence-corrected chi connectivity index (χ0v) is 19.7. The summed E-state index contributed by atoms with van der Waals surface area (Å²) in [5.74, 6) is 0. The molecule has 3 aromatic heterocycles. The molecule has 1 saturated heterocycles. The van der Waals surface area contributed by atoms with Crippen LogP contribution in [0.5, 0.6) is 0 Å². The van der Waals surface area contributed by atoms with Gasteiger partial charge in [0.05, 0.1) is 29.9 Å². The average molecular weight is 462 g/mol. The topological polar surface area (TPSA) is 119 Å². The van der Waals surface area contributed by atoms with Crippen LogP contribution in [0.25, 0.3) is 22.3 Å². The molecule has 3 aromatic rings. The number of nitriles is 1. The van der Waals surface area contributed by atoms with E-state index in [4.69, 9.17) is 0 Å². The van der Waals surface area contributed by atoms with Gasteiger partial charge in [0.2, 0.25) is 0 Å². The van der Waals surface area contributed by atoms with E-state index in [1.165, 1.54) is 0 Å². The van der Waals surface area contributed by atoms with E-state index < -0.39 is 0 Å². The van der Waals surface area contributed by atoms with Gasteiger partial charge in [-0.1, -0.05) is 6.92 Å². The zero-order chi connectivity index (χ0) is 23.7. The van der Waals surface area contributed by atoms with Crippen molar-refractivity contribution in [3.63, 3.8) is 0 Å². The van der Waals surface area contributed by atoms with Gasteiger partial charge in [-0.15, -0.1) is 0 Å². The lowest BCUT2D eigenvalue weighted by atomic mass is 9.70. The van der Waals surface area contributed by atoms with E-state index in [2.05, 4.69) is 43.3 Å². The Kier molecular flexibility index (Phi) is 5.96. The van der Waals surface area contributed by atoms with Crippen molar-refractivity contribution >= 4 is 17.1 Å². The van der Waals surface area contributed by atoms with Crippen LogP contribution >= 0.6 is 0 Å². The van der Waals surface area contributed by atoms with E-state index in [1.807, 2.05) is 41.2 Å². The number of H-pyrrole nitrogens is 1. The van der Waals surface area contributed by atoms with Gasteiger partial charge in [0, 0.05) is 61.6 Å². The lowest BCUT2D eigenvalue weighted by molar-refractivity contribution is -0.0130. The summed E-state index contributed by atoms with van der Waals surface area (Å²) in [6, 6.07) is 4.98. The molecule has 4 heterocycles. The number of aromatic nitrogens is 5. The van der Waals surface area contributed by atoms with Crippen molar-refractivity contribution in [2.45, 2.75) is 57.2 Å². The minimum Gasteiger partial charge on any atom is -0.346 e. The average Bonchev–Trinajstić information content (AvgIpc) is 3.51. The molecule has 10 nitrogen and oxygen atoms in total. The van der Waals surface area contributed by atoms with Crippen molar-refractivity contribution in [3.05, 3.63) is 31.0 Å². The molecular weight excluding hydrogens is 430 g/mol. The first-order valence-electron chi connectivity index (χ1n) is 12.0. The summed E-state index contributed by atoms with van der Waals surface area (Å²) >= 11 is 0. The molecule has 178 valence electrons. The number of hydrogen-bond donors (Lipinski definition) is 2. The smallest absolute Gasteiger partial charge is 0.317 e. The zero-order valence-electron chi connectivity index (χ0n) is 19.7. The Bertz CT molecular complexity index is 1190. The summed E-state index contributed by atoms with van der Waals surface area (Å²) in [5, 5.41) is 18.2. The molecule has 0 bridgehead atoms. The number of amides is 2. The van der Waals surface area contributed by atoms with Gasteiger partial charge in [0.25, 0.3) is 0 Å². The Morgan fingerprint density at radius 1 is 1.32 bits per heavy atom. The van der Waals surface area contributed by atoms with Crippen LogP contribution in [-0.4, -0.2) is 78.8 Å². The van der Waals surface area contributed by atoms with Crippen molar-refractivity contribution in [1.29, 1.82) is 5.26 Å². The second-order valence-electron chi connectivity index (χ2n) is 9.54. The third-order valence-electron chi connectivity index (χ3n) is 7.44. The molecule has 0 radical (unpaired) electrons. The van der Waals surface area contributed by atoms with Crippen molar-refractivity contribution in [2.75, 3.05) is 26.2 Å². The quantitative estimate of drug-likeness (QED) is 0.583. The maximum absolute atomic E-state index is 12.4. The number of fused-ring (bicyclic) bond motifs is 1. The lowest BCUT2D eigenvalue weighted by Crippen LogP contribution is -2.61. The van der Waals surface area contributed by atoms with Gasteiger partial charge >= 0.3 is 6.03 Å². The SMILES string of the molecule is CC[C@H](C)NC(=O)N1CCN([C@H]2C[C@](CC#N)(n3cc(-c4ncnc5[nH]ccc45)cn3)C2)CC1. The highest BCUT2D eigenvalue weighted by atomic mass is 16.2. The summed E-state index contributed by atoms with van der Waals surface area (Å²) in [4.78, 5) is 28.6. The maximum atomic E-state index is 12.4. The molecule has 1 atom stereocenters. The first-order chi connectivity index (χ1) is 16.5. The van der Waals surface area contributed by atoms with Crippen LogP contribution in [-0.2, 0) is 5.54 Å². The molecule has 0 aromatic carbocycles. The number of hydrogen-bond acceptors (Lipinski definition) is 6. The predicted octanol–water partition coefficient (Wildman–Crippen LogP) is 2.72. The number of carbonyl (C=O) groups is 1. The van der Waals surface area contributed by atoms with Crippen molar-refractivity contribution in [1.82, 2.24) is 39.8 Å². The number of aromatic amines is 1. The largest absolute Gasteiger partial charge is 0.346 e. The van der Waals surface area contributed by atoms with Gasteiger partial charge in [-0.05, 0) is 32.3 Å². The summed E-state index contributed by atoms with van der Waals surface area (Å²) in [6.07, 6.45) is 10.4. The van der Waals surface area contributed by atoms with Crippen LogP contribution in [0.2, 0.25) is 0 Å². The van der Waals surface area contributed by atoms with E-state index in [0.717, 1.165) is 67.7 Å². The highest BCUT2D eigenvalue weighted by molar-refractivity contribution is 5.90. The molecular formula is C24H31N9O. The Hall–Kier alpha value is -3.45. The Morgan fingerprint density at radius 2 is 2.12 bits per heavy atom. The van der Waals surface area contributed by atoms with Gasteiger partial charge in [-0.3, -0.25) is 9.58 Å². The third-order valence-corrected chi connectivity index (χ3v) is 7.44. The van der Waals surface area contributed by atoms with Crippen molar-refractivity contribution in [3.8, 4) is 17.3 Å². The second-order valence-corrected chi connectivity index (χ2v) is 9.54. The van der Waals surface area contributed by atoms with E-state index in [1.54, 1.807) is 6.33 Å². The van der Waals surface area contributed by atoms with E-state index in [-0.39, 0.29) is 17.6 Å². The standard InChI is InChI=1S/C24H31N9O/c1-3-17(2)30-23(34)32-10-8-31(9-11-32)19-12-24(13-19,5-6-25)33-15-18(14-29-33)21-20-4-7-26-22(20)28-16-27-21/h4,7,14-17,19H,3,5,8-13H2,1-2H3,(H,30,34)(H,26,27,28)/t17-,19-,24-/m0/s1. The monoisotopic (exact) mass is 461 g/mol. The van der Waals surface area contributed by atoms with Gasteiger partial charge in [0.1, 0.15) is 12.0 Å². The lowest BCUT2D eigenvalue weighted by Gasteiger charge is -2.52. The molecule has 5 rings (SSSR count). The number of rotatable bonds is 6. The Balaban J connectivity index is 1.24. The number of piperazine rings is 1. The van der Waals surface area contributed by atoms with Crippen molar-refractivity contribution in [2.24, 2.45) is 0 Å². The molecule has 1 saturated carbocycles. The minimum absolute atomic E-state index is 0.0340. The van der Waals surface area contributed by atoms with Gasteiger partial charge < -0.3 is 15.2 Å². The van der Waals surface area contributed by atoms with Crippen LogP contribution in [0.1, 0.15) is 39.5 Å². The maximum Gasteiger partial charge on any atom is 0.317 e. The molecule has 10 heteroatoms. The van der Waals surface area contributed by atoms with Crippen LogP contribution in [0.3, 0.4) is 0 Å². The fourth-order valence-electron chi connectivity index (χ4n) is 5.14. The van der Waals surface area contributed by atoms with Gasteiger partial charge in [0.15, 0.2) is 0 Å². The fourth-order valence-corrected chi connectivity index (χ4v) is 5.14. The van der Waals surface area contributed by atoms with E-state index in [9.17, 15) is 10.1 Å². The number of nitrogens with one attached hydrogen (secondary N) is 2. The summed E-state index contributed by atoms with van der Waals surface area (Å²) in [7, 11) is 0. The first kappa shape index (κ1) is 22.3. The molecule has 0 spiro atoms. The minimum atomic E-state index is -0.299. The highest BCUT2D eigenvalue weighted by Gasteiger charge is 2.49. The molecule has 1 aliphatic heterocycles. The number of nitrogens with zero attached hydrogens (tertiary/aromatic N) is 7. The predicted molar refractivity (Wildman–Crippen MR) is 128 cm³/mol. The van der Waals surface area contributed by atoms with Gasteiger partial charge in [-0.2, -0.15) is 10.4 Å². The highest BCUT2D eigenvalue weighted by Crippen LogP contribution is 2.45. The number of urea groups is 1. The third kappa shape index (κ3) is 4.01. The second kappa shape index (κ2) is 9.06. The number of carbonyl (C=O) groups excluding carboxylic acids is 1. The van der Waals surface area contributed by atoms with Crippen molar-refractivity contribution < 1.29 is 4.79 Å². The molecule has 1 aliphatic carbocycles. The molecule has 2 fully saturated rings. The molecule has 34 heavy (non-hydrogen) atoms. The van der Waals surface area contributed by atoms with Crippen LogP contribution in [0.4, 0.5) is 4.79 Å². The normalized spacial score (nSPS) is 23.9. The Morgan fingerprint density at radius 3 is 2.85 bits per heavy atom. The Labute approximate surface area is 199 Å². The van der Waals surface area contributed by atoms with Gasteiger partial charge in [-0.25, -0.2) is 14.8 Å². The summed E-state index contributed by atoms with van der Waals surface area (Å²) < 4.78 is 1.97. The molecule has 2 amide bonds. The summed E-state index contributed by atoms with van der Waals surface area (Å²) in [6.45, 7) is 7.29. The van der Waals surface area contributed by atoms with Crippen LogP contribution < -0.4 is 5.32 Å². The van der Waals surface area contributed by atoms with Crippen LogP contribution in [0, 0.1) is 11.3 Å². The fraction of sp³-hybridized carbons (Fsp3) is 0.542. The van der Waals surface area contributed by atoms with E-state index >= 15 is 0 Å². The van der Waals surface area contributed by atoms with Crippen LogP contribution in [0.15, 0.2) is 31.0 Å². The van der Waals surface area contributed by atoms with E-state index in [0.29, 0.717) is 12.5 Å². The molecule has 2 aliphatic rings. The first-order valence-corrected chi connectivity index (χ1v) is 12.0. The molecule has 2 N–H and O–H groups in total.